The molecule has 0 aromatic heterocycles. The minimum Gasteiger partial charge on any atom is -0.397 e. The van der Waals surface area contributed by atoms with E-state index in [0.717, 1.165) is 0 Å². The van der Waals surface area contributed by atoms with Crippen molar-refractivity contribution in [1.29, 1.82) is 5.26 Å². The summed E-state index contributed by atoms with van der Waals surface area (Å²) in [7, 11) is 0. The summed E-state index contributed by atoms with van der Waals surface area (Å²) in [6.45, 7) is 1.81. The average Bonchev–Trinajstić information content (AvgIpc) is 2.24. The lowest BCUT2D eigenvalue weighted by Gasteiger charge is -2.08. The highest BCUT2D eigenvalue weighted by atomic mass is 19.1. The van der Waals surface area contributed by atoms with Gasteiger partial charge in [-0.25, -0.2) is 13.2 Å². The molecule has 1 aromatic carbocycles. The van der Waals surface area contributed by atoms with Crippen LogP contribution in [-0.4, -0.2) is 0 Å². The van der Waals surface area contributed by atoms with E-state index in [9.17, 15) is 13.2 Å². The van der Waals surface area contributed by atoms with Crippen LogP contribution in [0.3, 0.4) is 0 Å². The van der Waals surface area contributed by atoms with Crippen molar-refractivity contribution in [1.82, 2.24) is 0 Å². The predicted molar refractivity (Wildman–Crippen MR) is 57.9 cm³/mol. The molecule has 0 aliphatic rings. The van der Waals surface area contributed by atoms with Crippen molar-refractivity contribution in [3.63, 3.8) is 0 Å². The molecule has 0 saturated heterocycles. The van der Waals surface area contributed by atoms with Crippen LogP contribution >= 0.6 is 0 Å². The second kappa shape index (κ2) is 5.39. The van der Waals surface area contributed by atoms with Crippen molar-refractivity contribution >= 4 is 5.70 Å². The molecule has 0 atom stereocenters. The van der Waals surface area contributed by atoms with Crippen LogP contribution in [0.4, 0.5) is 13.2 Å². The average molecular weight is 240 g/mol. The maximum atomic E-state index is 13.4. The maximum Gasteiger partial charge on any atom is 0.138 e. The largest absolute Gasteiger partial charge is 0.397 e. The number of benzene rings is 1. The second-order valence-electron chi connectivity index (χ2n) is 3.50. The van der Waals surface area contributed by atoms with Gasteiger partial charge in [-0.2, -0.15) is 5.26 Å². The van der Waals surface area contributed by atoms with Gasteiger partial charge in [0.2, 0.25) is 0 Å². The van der Waals surface area contributed by atoms with Crippen LogP contribution in [0.1, 0.15) is 25.3 Å². The number of nitrogens with two attached hydrogens (primary N) is 1. The molecule has 0 amide bonds. The second-order valence-corrected chi connectivity index (χ2v) is 3.50. The van der Waals surface area contributed by atoms with Crippen LogP contribution in [0.5, 0.6) is 0 Å². The lowest BCUT2D eigenvalue weighted by atomic mass is 10.0. The topological polar surface area (TPSA) is 49.8 Å². The summed E-state index contributed by atoms with van der Waals surface area (Å²) < 4.78 is 39.5. The molecule has 17 heavy (non-hydrogen) atoms. The zero-order valence-electron chi connectivity index (χ0n) is 9.23. The third-order valence-corrected chi connectivity index (χ3v) is 2.24. The first-order chi connectivity index (χ1) is 8.01. The van der Waals surface area contributed by atoms with Crippen LogP contribution in [0.25, 0.3) is 5.70 Å². The molecule has 0 radical (unpaired) electrons. The van der Waals surface area contributed by atoms with Gasteiger partial charge in [-0.15, -0.1) is 0 Å². The van der Waals surface area contributed by atoms with Gasteiger partial charge in [0, 0.05) is 12.1 Å². The SMILES string of the molecule is CCCC(C#N)=C(N)c1c(F)cc(F)cc1F. The van der Waals surface area contributed by atoms with E-state index in [-0.39, 0.29) is 11.3 Å². The summed E-state index contributed by atoms with van der Waals surface area (Å²) in [4.78, 5) is 0. The first-order valence-electron chi connectivity index (χ1n) is 5.04. The Bertz CT molecular complexity index is 478. The van der Waals surface area contributed by atoms with E-state index >= 15 is 0 Å². The molecule has 2 nitrogen and oxygen atoms in total. The minimum absolute atomic E-state index is 0.0944. The Morgan fingerprint density at radius 1 is 1.29 bits per heavy atom. The van der Waals surface area contributed by atoms with E-state index in [1.807, 2.05) is 6.92 Å². The zero-order valence-corrected chi connectivity index (χ0v) is 9.23. The van der Waals surface area contributed by atoms with E-state index in [4.69, 9.17) is 11.0 Å². The highest BCUT2D eigenvalue weighted by Gasteiger charge is 2.16. The van der Waals surface area contributed by atoms with Gasteiger partial charge in [0.25, 0.3) is 0 Å². The van der Waals surface area contributed by atoms with Crippen LogP contribution in [0.15, 0.2) is 17.7 Å². The number of hydrogen-bond acceptors (Lipinski definition) is 2. The Morgan fingerprint density at radius 3 is 2.24 bits per heavy atom. The molecular formula is C12H11F3N2. The van der Waals surface area contributed by atoms with Gasteiger partial charge in [0.1, 0.15) is 17.5 Å². The Balaban J connectivity index is 3.39. The molecule has 1 rings (SSSR count). The highest BCUT2D eigenvalue weighted by molar-refractivity contribution is 5.69. The monoisotopic (exact) mass is 240 g/mol. The first-order valence-corrected chi connectivity index (χ1v) is 5.04. The molecule has 2 N–H and O–H groups in total. The van der Waals surface area contributed by atoms with Crippen molar-refractivity contribution < 1.29 is 13.2 Å². The Kier molecular flexibility index (Phi) is 4.16. The summed E-state index contributed by atoms with van der Waals surface area (Å²) in [5.41, 5.74) is 4.82. The van der Waals surface area contributed by atoms with Crippen molar-refractivity contribution in [3.8, 4) is 6.07 Å². The Hall–Kier alpha value is -1.96. The fourth-order valence-electron chi connectivity index (χ4n) is 1.45. The lowest BCUT2D eigenvalue weighted by Crippen LogP contribution is -2.07. The molecule has 90 valence electrons. The van der Waals surface area contributed by atoms with Crippen molar-refractivity contribution in [2.24, 2.45) is 5.73 Å². The summed E-state index contributed by atoms with van der Waals surface area (Å²) in [6.07, 6.45) is 0.937. The van der Waals surface area contributed by atoms with E-state index < -0.39 is 23.0 Å². The molecule has 0 unspecified atom stereocenters. The number of halogens is 3. The molecule has 0 spiro atoms. The minimum atomic E-state index is -1.11. The molecule has 1 aromatic rings. The molecular weight excluding hydrogens is 229 g/mol. The molecule has 0 bridgehead atoms. The summed E-state index contributed by atoms with van der Waals surface area (Å²) in [6, 6.07) is 2.87. The number of nitrogens with zero attached hydrogens (tertiary/aromatic N) is 1. The van der Waals surface area contributed by atoms with Crippen molar-refractivity contribution in [2.45, 2.75) is 19.8 Å². The van der Waals surface area contributed by atoms with Gasteiger partial charge in [-0.1, -0.05) is 13.3 Å². The quantitative estimate of drug-likeness (QED) is 0.825. The molecule has 0 aliphatic carbocycles. The standard InChI is InChI=1S/C12H11F3N2/c1-2-3-7(6-16)12(17)11-9(14)4-8(13)5-10(11)15/h4-5H,2-3,17H2,1H3. The van der Waals surface area contributed by atoms with Crippen LogP contribution in [0, 0.1) is 28.8 Å². The number of nitriles is 1. The smallest absolute Gasteiger partial charge is 0.138 e. The van der Waals surface area contributed by atoms with Gasteiger partial charge in [-0.05, 0) is 6.42 Å². The summed E-state index contributed by atoms with van der Waals surface area (Å²) >= 11 is 0. The fraction of sp³-hybridized carbons (Fsp3) is 0.250. The van der Waals surface area contributed by atoms with Crippen LogP contribution in [-0.2, 0) is 0 Å². The molecule has 0 heterocycles. The summed E-state index contributed by atoms with van der Waals surface area (Å²) in [5, 5.41) is 8.82. The number of hydrogen-bond donors (Lipinski definition) is 1. The molecule has 5 heteroatoms. The van der Waals surface area contributed by atoms with Gasteiger partial charge in [0.15, 0.2) is 0 Å². The normalized spacial score (nSPS) is 11.9. The van der Waals surface area contributed by atoms with E-state index in [2.05, 4.69) is 0 Å². The Labute approximate surface area is 97.2 Å². The molecule has 0 saturated carbocycles. The Morgan fingerprint density at radius 2 is 1.82 bits per heavy atom. The van der Waals surface area contributed by atoms with Crippen molar-refractivity contribution in [2.75, 3.05) is 0 Å². The van der Waals surface area contributed by atoms with Crippen LogP contribution in [0.2, 0.25) is 0 Å². The third-order valence-electron chi connectivity index (χ3n) is 2.24. The van der Waals surface area contributed by atoms with Crippen LogP contribution < -0.4 is 5.73 Å². The van der Waals surface area contributed by atoms with E-state index in [1.165, 1.54) is 0 Å². The third kappa shape index (κ3) is 2.78. The predicted octanol–water partition coefficient (Wildman–Crippen LogP) is 3.10. The van der Waals surface area contributed by atoms with Gasteiger partial charge in [-0.3, -0.25) is 0 Å². The fourth-order valence-corrected chi connectivity index (χ4v) is 1.45. The molecule has 0 aliphatic heterocycles. The lowest BCUT2D eigenvalue weighted by molar-refractivity contribution is 0.538. The zero-order chi connectivity index (χ0) is 13.0. The van der Waals surface area contributed by atoms with E-state index in [0.29, 0.717) is 25.0 Å². The molecule has 0 fully saturated rings. The van der Waals surface area contributed by atoms with E-state index in [1.54, 1.807) is 6.07 Å². The summed E-state index contributed by atoms with van der Waals surface area (Å²) in [5.74, 6) is -3.24. The maximum absolute atomic E-state index is 13.4. The van der Waals surface area contributed by atoms with Crippen molar-refractivity contribution in [3.05, 3.63) is 40.7 Å². The van der Waals surface area contributed by atoms with Gasteiger partial charge in [0.05, 0.1) is 22.9 Å². The van der Waals surface area contributed by atoms with Gasteiger partial charge >= 0.3 is 0 Å². The highest BCUT2D eigenvalue weighted by Crippen LogP contribution is 2.23. The van der Waals surface area contributed by atoms with Gasteiger partial charge < -0.3 is 5.73 Å². The number of rotatable bonds is 3. The number of allylic oxidation sites excluding steroid dienone is 1. The first kappa shape index (κ1) is 13.1.